The summed E-state index contributed by atoms with van der Waals surface area (Å²) in [6, 6.07) is 8.40. The predicted molar refractivity (Wildman–Crippen MR) is 85.3 cm³/mol. The summed E-state index contributed by atoms with van der Waals surface area (Å²) < 4.78 is 31.9. The van der Waals surface area contributed by atoms with Crippen LogP contribution < -0.4 is 4.48 Å². The second kappa shape index (κ2) is 7.92. The van der Waals surface area contributed by atoms with Crippen molar-refractivity contribution >= 4 is 16.1 Å². The van der Waals surface area contributed by atoms with Gasteiger partial charge in [-0.15, -0.1) is 0 Å². The summed E-state index contributed by atoms with van der Waals surface area (Å²) in [5.41, 5.74) is 1.21. The second-order valence-corrected chi connectivity index (χ2v) is 7.08. The van der Waals surface area contributed by atoms with Crippen molar-refractivity contribution in [2.24, 2.45) is 0 Å². The highest BCUT2D eigenvalue weighted by Gasteiger charge is 2.31. The van der Waals surface area contributed by atoms with Crippen LogP contribution in [-0.2, 0) is 14.6 Å². The van der Waals surface area contributed by atoms with Gasteiger partial charge in [0.05, 0.1) is 27.2 Å². The number of nitrogens with zero attached hydrogens (tertiary/aromatic N) is 1. The van der Waals surface area contributed by atoms with Gasteiger partial charge in [-0.25, -0.2) is 8.42 Å². The van der Waals surface area contributed by atoms with E-state index >= 15 is 0 Å². The van der Waals surface area contributed by atoms with E-state index in [-0.39, 0.29) is 0 Å². The number of hydrogen-bond acceptors (Lipinski definition) is 5. The zero-order chi connectivity index (χ0) is 16.8. The average molecular weight is 331 g/mol. The highest BCUT2D eigenvalue weighted by Crippen LogP contribution is 2.32. The van der Waals surface area contributed by atoms with Gasteiger partial charge in [0.25, 0.3) is 0 Å². The van der Waals surface area contributed by atoms with Crippen LogP contribution in [0.3, 0.4) is 0 Å². The molecule has 0 heterocycles. The molecule has 1 aromatic rings. The van der Waals surface area contributed by atoms with Crippen molar-refractivity contribution < 1.29 is 22.3 Å². The number of rotatable bonds is 3. The first-order valence-corrected chi connectivity index (χ1v) is 8.65. The minimum atomic E-state index is -4.41. The lowest BCUT2D eigenvalue weighted by atomic mass is 9.92. The molecule has 1 saturated carbocycles. The molecule has 1 fully saturated rings. The first-order valence-electron chi connectivity index (χ1n) is 7.31. The van der Waals surface area contributed by atoms with E-state index in [0.29, 0.717) is 11.8 Å². The molecule has 0 saturated heterocycles. The van der Waals surface area contributed by atoms with Crippen LogP contribution in [0.2, 0.25) is 0 Å². The maximum absolute atomic E-state index is 9.56. The predicted octanol–water partition coefficient (Wildman–Crippen LogP) is 2.38. The van der Waals surface area contributed by atoms with Gasteiger partial charge in [0, 0.05) is 6.07 Å². The number of benzene rings is 1. The van der Waals surface area contributed by atoms with Gasteiger partial charge in [-0.05, 0) is 37.8 Å². The fraction of sp³-hybridized carbons (Fsp3) is 0.600. The minimum Gasteiger partial charge on any atom is -0.726 e. The topological polar surface area (TPSA) is 86.7 Å². The molecule has 0 radical (unpaired) electrons. The molecule has 1 aromatic carbocycles. The van der Waals surface area contributed by atoms with Gasteiger partial charge in [0.2, 0.25) is 10.4 Å². The molecule has 1 aliphatic rings. The third kappa shape index (κ3) is 5.92. The van der Waals surface area contributed by atoms with Crippen LogP contribution in [0.4, 0.5) is 5.69 Å². The molecule has 22 heavy (non-hydrogen) atoms. The normalized spacial score (nSPS) is 16.7. The largest absolute Gasteiger partial charge is 0.726 e. The van der Waals surface area contributed by atoms with Crippen LogP contribution in [0.5, 0.6) is 5.75 Å². The zero-order valence-corrected chi connectivity index (χ0v) is 14.2. The molecule has 2 rings (SSSR count). The van der Waals surface area contributed by atoms with E-state index in [1.807, 2.05) is 12.1 Å². The van der Waals surface area contributed by atoms with Crippen molar-refractivity contribution in [2.75, 3.05) is 21.2 Å². The first kappa shape index (κ1) is 18.9. The van der Waals surface area contributed by atoms with E-state index in [1.54, 1.807) is 6.07 Å². The Labute approximate surface area is 132 Å². The lowest BCUT2D eigenvalue weighted by Crippen LogP contribution is -2.50. The van der Waals surface area contributed by atoms with Crippen LogP contribution >= 0.6 is 0 Å². The van der Waals surface area contributed by atoms with Gasteiger partial charge < -0.3 is 9.66 Å². The summed E-state index contributed by atoms with van der Waals surface area (Å²) in [5.74, 6) is 0.375. The average Bonchev–Trinajstić information content (AvgIpc) is 2.48. The highest BCUT2D eigenvalue weighted by atomic mass is 32.3. The van der Waals surface area contributed by atoms with Crippen LogP contribution in [0.25, 0.3) is 0 Å². The van der Waals surface area contributed by atoms with E-state index in [2.05, 4.69) is 24.3 Å². The van der Waals surface area contributed by atoms with Crippen LogP contribution in [0, 0.1) is 0 Å². The number of aromatic hydroxyl groups is 1. The number of phenolic OH excluding ortho intramolecular Hbond substituents is 1. The van der Waals surface area contributed by atoms with Gasteiger partial charge in [0.1, 0.15) is 11.4 Å². The molecular formula is C15H25NO5S. The molecule has 1 aliphatic carbocycles. The molecule has 7 heteroatoms. The Morgan fingerprint density at radius 1 is 1.23 bits per heavy atom. The third-order valence-electron chi connectivity index (χ3n) is 4.19. The van der Waals surface area contributed by atoms with E-state index < -0.39 is 10.4 Å². The fourth-order valence-corrected chi connectivity index (χ4v) is 2.79. The van der Waals surface area contributed by atoms with E-state index in [9.17, 15) is 18.1 Å². The lowest BCUT2D eigenvalue weighted by molar-refractivity contribution is 0.228. The molecular weight excluding hydrogens is 306 g/mol. The standard InChI is InChI=1S/C14H21NO.CH4O4S/c1-15(2,12-7-4-3-5-8-12)13-9-6-10-14(16)11-13;1-5-6(2,3)4/h6,9-12H,3-5,7-8H2,1-2H3;1H3,(H,2,3,4). The number of hydrogen-bond donors (Lipinski definition) is 1. The van der Waals surface area contributed by atoms with Crippen molar-refractivity contribution in [3.05, 3.63) is 24.3 Å². The Kier molecular flexibility index (Phi) is 6.80. The molecule has 0 bridgehead atoms. The number of phenols is 1. The van der Waals surface area contributed by atoms with E-state index in [1.165, 1.54) is 37.8 Å². The summed E-state index contributed by atoms with van der Waals surface area (Å²) in [6.45, 7) is 0. The summed E-state index contributed by atoms with van der Waals surface area (Å²) in [6.07, 6.45) is 6.71. The van der Waals surface area contributed by atoms with Crippen molar-refractivity contribution in [2.45, 2.75) is 38.1 Å². The SMILES string of the molecule is COS(=O)(=O)[O-].C[N+](C)(c1cccc(O)c1)C1CCCCC1. The van der Waals surface area contributed by atoms with Crippen LogP contribution in [0.1, 0.15) is 32.1 Å². The maximum Gasteiger partial charge on any atom is 0.217 e. The van der Waals surface area contributed by atoms with Crippen molar-refractivity contribution in [3.8, 4) is 5.75 Å². The van der Waals surface area contributed by atoms with E-state index in [4.69, 9.17) is 0 Å². The van der Waals surface area contributed by atoms with Gasteiger partial charge in [0.15, 0.2) is 0 Å². The van der Waals surface area contributed by atoms with E-state index in [0.717, 1.165) is 11.6 Å². The summed E-state index contributed by atoms with van der Waals surface area (Å²) in [5, 5.41) is 9.56. The quantitative estimate of drug-likeness (QED) is 0.522. The summed E-state index contributed by atoms with van der Waals surface area (Å²) >= 11 is 0. The molecule has 0 spiro atoms. The van der Waals surface area contributed by atoms with Gasteiger partial charge >= 0.3 is 0 Å². The van der Waals surface area contributed by atoms with Gasteiger partial charge in [-0.3, -0.25) is 8.67 Å². The smallest absolute Gasteiger partial charge is 0.217 e. The van der Waals surface area contributed by atoms with Crippen LogP contribution in [-0.4, -0.2) is 45.3 Å². The molecule has 1 N–H and O–H groups in total. The molecule has 6 nitrogen and oxygen atoms in total. The molecule has 0 amide bonds. The Hall–Kier alpha value is -1.15. The lowest BCUT2D eigenvalue weighted by Gasteiger charge is -2.39. The summed E-state index contributed by atoms with van der Waals surface area (Å²) in [4.78, 5) is 0. The minimum absolute atomic E-state index is 0.375. The Morgan fingerprint density at radius 3 is 2.23 bits per heavy atom. The van der Waals surface area contributed by atoms with Crippen molar-refractivity contribution in [3.63, 3.8) is 0 Å². The first-order chi connectivity index (χ1) is 10.2. The third-order valence-corrected chi connectivity index (χ3v) is 4.60. The molecule has 0 aromatic heterocycles. The maximum atomic E-state index is 9.56. The van der Waals surface area contributed by atoms with Gasteiger partial charge in [-0.1, -0.05) is 12.5 Å². The molecule has 0 unspecified atom stereocenters. The Balaban J connectivity index is 0.000000346. The highest BCUT2D eigenvalue weighted by molar-refractivity contribution is 7.80. The summed E-state index contributed by atoms with van der Waals surface area (Å²) in [7, 11) is 0.905. The van der Waals surface area contributed by atoms with Gasteiger partial charge in [-0.2, -0.15) is 0 Å². The zero-order valence-electron chi connectivity index (χ0n) is 13.4. The molecule has 0 atom stereocenters. The molecule has 126 valence electrons. The Morgan fingerprint density at radius 2 is 1.77 bits per heavy atom. The van der Waals surface area contributed by atoms with Crippen molar-refractivity contribution in [1.82, 2.24) is 4.48 Å². The molecule has 0 aliphatic heterocycles. The number of quaternary nitrogens is 1. The van der Waals surface area contributed by atoms with Crippen LogP contribution in [0.15, 0.2) is 24.3 Å². The van der Waals surface area contributed by atoms with Crippen molar-refractivity contribution in [1.29, 1.82) is 0 Å². The fourth-order valence-electron chi connectivity index (χ4n) is 2.79. The Bertz CT molecular complexity index is 565. The monoisotopic (exact) mass is 331 g/mol. The second-order valence-electron chi connectivity index (χ2n) is 5.93.